The van der Waals surface area contributed by atoms with E-state index >= 15 is 0 Å². The molecule has 0 bridgehead atoms. The summed E-state index contributed by atoms with van der Waals surface area (Å²) in [7, 11) is 1.45. The lowest BCUT2D eigenvalue weighted by Gasteiger charge is -2.30. The number of carbonyl (C=O) groups is 1. The molecule has 0 aliphatic carbocycles. The Hall–Kier alpha value is -0.220. The Labute approximate surface area is 103 Å². The third-order valence-corrected chi connectivity index (χ3v) is 4.16. The molecule has 0 saturated carbocycles. The van der Waals surface area contributed by atoms with Gasteiger partial charge < -0.3 is 9.64 Å². The van der Waals surface area contributed by atoms with Crippen molar-refractivity contribution in [2.75, 3.05) is 32.5 Å². The van der Waals surface area contributed by atoms with Crippen molar-refractivity contribution in [1.29, 1.82) is 0 Å². The van der Waals surface area contributed by atoms with Crippen LogP contribution in [0.3, 0.4) is 0 Å². The summed E-state index contributed by atoms with van der Waals surface area (Å²) in [6.07, 6.45) is 2.68. The number of rotatable bonds is 5. The van der Waals surface area contributed by atoms with Gasteiger partial charge in [0.25, 0.3) is 0 Å². The van der Waals surface area contributed by atoms with Gasteiger partial charge in [0, 0.05) is 18.8 Å². The molecule has 1 aliphatic heterocycles. The topological polar surface area (TPSA) is 29.5 Å². The summed E-state index contributed by atoms with van der Waals surface area (Å²) in [5, 5.41) is -0.0350. The molecule has 0 unspecified atom stereocenters. The van der Waals surface area contributed by atoms with E-state index in [-0.39, 0.29) is 11.2 Å². The van der Waals surface area contributed by atoms with Crippen molar-refractivity contribution in [3.05, 3.63) is 0 Å². The molecular formula is C12H23NO2S. The normalized spacial score (nSPS) is 24.1. The Morgan fingerprint density at radius 1 is 1.62 bits per heavy atom. The molecule has 0 amide bonds. The lowest BCUT2D eigenvalue weighted by molar-refractivity contribution is -0.139. The van der Waals surface area contributed by atoms with E-state index in [2.05, 4.69) is 11.8 Å². The van der Waals surface area contributed by atoms with E-state index < -0.39 is 0 Å². The van der Waals surface area contributed by atoms with Gasteiger partial charge >= 0.3 is 5.97 Å². The van der Waals surface area contributed by atoms with Gasteiger partial charge in [-0.3, -0.25) is 4.79 Å². The summed E-state index contributed by atoms with van der Waals surface area (Å²) >= 11 is 1.69. The van der Waals surface area contributed by atoms with E-state index in [1.165, 1.54) is 33.0 Å². The summed E-state index contributed by atoms with van der Waals surface area (Å²) in [5.41, 5.74) is 0. The van der Waals surface area contributed by atoms with Crippen molar-refractivity contribution in [1.82, 2.24) is 4.90 Å². The molecule has 0 spiro atoms. The maximum Gasteiger partial charge on any atom is 0.318 e. The summed E-state index contributed by atoms with van der Waals surface area (Å²) in [6, 6.07) is 0. The highest BCUT2D eigenvalue weighted by Gasteiger charge is 2.17. The zero-order valence-corrected chi connectivity index (χ0v) is 11.4. The predicted molar refractivity (Wildman–Crippen MR) is 68.8 cm³/mol. The number of piperidine rings is 1. The van der Waals surface area contributed by atoms with Crippen LogP contribution >= 0.6 is 11.8 Å². The molecule has 3 nitrogen and oxygen atoms in total. The highest BCUT2D eigenvalue weighted by molar-refractivity contribution is 8.00. The molecule has 94 valence electrons. The van der Waals surface area contributed by atoms with Crippen molar-refractivity contribution in [3.63, 3.8) is 0 Å². The van der Waals surface area contributed by atoms with Crippen LogP contribution in [-0.4, -0.2) is 48.6 Å². The molecule has 16 heavy (non-hydrogen) atoms. The Morgan fingerprint density at radius 2 is 2.38 bits per heavy atom. The first-order valence-corrected chi connectivity index (χ1v) is 7.10. The van der Waals surface area contributed by atoms with E-state index in [1.54, 1.807) is 11.8 Å². The van der Waals surface area contributed by atoms with Crippen molar-refractivity contribution >= 4 is 17.7 Å². The number of ether oxygens (including phenoxy) is 1. The standard InChI is InChI=1S/C12H23NO2S/c1-10-5-4-6-13(9-10)7-8-16-11(2)12(14)15-3/h10-11H,4-9H2,1-3H3/t10-,11-/m1/s1. The van der Waals surface area contributed by atoms with Gasteiger partial charge in [-0.2, -0.15) is 0 Å². The average Bonchev–Trinajstić information content (AvgIpc) is 2.28. The Kier molecular flexibility index (Phi) is 6.21. The Morgan fingerprint density at radius 3 is 3.00 bits per heavy atom. The molecule has 1 heterocycles. The minimum atomic E-state index is -0.114. The van der Waals surface area contributed by atoms with Gasteiger partial charge in [-0.25, -0.2) is 0 Å². The van der Waals surface area contributed by atoms with Gasteiger partial charge in [-0.1, -0.05) is 6.92 Å². The van der Waals surface area contributed by atoms with Crippen LogP contribution < -0.4 is 0 Å². The summed E-state index contributed by atoms with van der Waals surface area (Å²) in [6.45, 7) is 7.76. The number of carbonyl (C=O) groups excluding carboxylic acids is 1. The fraction of sp³-hybridized carbons (Fsp3) is 0.917. The smallest absolute Gasteiger partial charge is 0.318 e. The third kappa shape index (κ3) is 4.74. The van der Waals surface area contributed by atoms with Crippen molar-refractivity contribution < 1.29 is 9.53 Å². The van der Waals surface area contributed by atoms with Gasteiger partial charge in [-0.05, 0) is 32.2 Å². The van der Waals surface area contributed by atoms with E-state index in [1.807, 2.05) is 6.92 Å². The number of hydrogen-bond acceptors (Lipinski definition) is 4. The van der Waals surface area contributed by atoms with E-state index in [0.29, 0.717) is 0 Å². The van der Waals surface area contributed by atoms with Crippen molar-refractivity contribution in [2.24, 2.45) is 5.92 Å². The van der Waals surface area contributed by atoms with Gasteiger partial charge in [0.1, 0.15) is 0 Å². The van der Waals surface area contributed by atoms with Gasteiger partial charge in [0.2, 0.25) is 0 Å². The molecule has 1 aliphatic rings. The van der Waals surface area contributed by atoms with Crippen LogP contribution in [0.5, 0.6) is 0 Å². The molecule has 1 saturated heterocycles. The zero-order valence-electron chi connectivity index (χ0n) is 10.6. The second-order valence-electron chi connectivity index (χ2n) is 4.58. The number of hydrogen-bond donors (Lipinski definition) is 0. The molecule has 1 fully saturated rings. The molecule has 0 aromatic carbocycles. The Bertz CT molecular complexity index is 223. The molecule has 0 aromatic heterocycles. The number of likely N-dealkylation sites (tertiary alicyclic amines) is 1. The predicted octanol–water partition coefficient (Wildman–Crippen LogP) is 2.01. The van der Waals surface area contributed by atoms with E-state index in [0.717, 1.165) is 18.2 Å². The summed E-state index contributed by atoms with van der Waals surface area (Å²) in [4.78, 5) is 13.7. The monoisotopic (exact) mass is 245 g/mol. The second kappa shape index (κ2) is 7.17. The first-order chi connectivity index (χ1) is 7.63. The zero-order chi connectivity index (χ0) is 12.0. The van der Waals surface area contributed by atoms with E-state index in [9.17, 15) is 4.79 Å². The maximum atomic E-state index is 11.2. The molecular weight excluding hydrogens is 222 g/mol. The molecule has 1 rings (SSSR count). The number of esters is 1. The van der Waals surface area contributed by atoms with Crippen LogP contribution in [0.15, 0.2) is 0 Å². The first-order valence-electron chi connectivity index (χ1n) is 6.05. The van der Waals surface area contributed by atoms with Crippen LogP contribution in [0.4, 0.5) is 0 Å². The van der Waals surface area contributed by atoms with Gasteiger partial charge in [0.15, 0.2) is 0 Å². The molecule has 0 aromatic rings. The third-order valence-electron chi connectivity index (χ3n) is 3.05. The van der Waals surface area contributed by atoms with Crippen LogP contribution in [-0.2, 0) is 9.53 Å². The largest absolute Gasteiger partial charge is 0.468 e. The van der Waals surface area contributed by atoms with Crippen molar-refractivity contribution in [2.45, 2.75) is 31.9 Å². The average molecular weight is 245 g/mol. The fourth-order valence-corrected chi connectivity index (χ4v) is 3.03. The highest BCUT2D eigenvalue weighted by Crippen LogP contribution is 2.17. The first kappa shape index (κ1) is 13.8. The number of thioether (sulfide) groups is 1. The van der Waals surface area contributed by atoms with E-state index in [4.69, 9.17) is 4.74 Å². The minimum absolute atomic E-state index is 0.0350. The molecule has 4 heteroatoms. The van der Waals surface area contributed by atoms with Gasteiger partial charge in [-0.15, -0.1) is 11.8 Å². The Balaban J connectivity index is 2.12. The van der Waals surface area contributed by atoms with Crippen LogP contribution in [0.2, 0.25) is 0 Å². The number of nitrogens with zero attached hydrogens (tertiary/aromatic N) is 1. The molecule has 0 N–H and O–H groups in total. The fourth-order valence-electron chi connectivity index (χ4n) is 2.08. The lowest BCUT2D eigenvalue weighted by Crippen LogP contribution is -2.36. The SMILES string of the molecule is COC(=O)[C@@H](C)SCCN1CCC[C@@H](C)C1. The van der Waals surface area contributed by atoms with Crippen LogP contribution in [0.1, 0.15) is 26.7 Å². The quantitative estimate of drug-likeness (QED) is 0.693. The highest BCUT2D eigenvalue weighted by atomic mass is 32.2. The van der Waals surface area contributed by atoms with Crippen molar-refractivity contribution in [3.8, 4) is 0 Å². The number of methoxy groups -OCH3 is 1. The van der Waals surface area contributed by atoms with Crippen LogP contribution in [0.25, 0.3) is 0 Å². The van der Waals surface area contributed by atoms with Crippen LogP contribution in [0, 0.1) is 5.92 Å². The summed E-state index contributed by atoms with van der Waals surface area (Å²) in [5.74, 6) is 1.73. The molecule has 0 radical (unpaired) electrons. The van der Waals surface area contributed by atoms with Gasteiger partial charge in [0.05, 0.1) is 12.4 Å². The maximum absolute atomic E-state index is 11.2. The second-order valence-corrected chi connectivity index (χ2v) is 6.03. The minimum Gasteiger partial charge on any atom is -0.468 e. The molecule has 2 atom stereocenters. The summed E-state index contributed by atoms with van der Waals surface area (Å²) < 4.78 is 4.70. The lowest BCUT2D eigenvalue weighted by atomic mass is 10.0.